The molecule has 0 heterocycles. The largest absolute Gasteiger partial charge is 0.452 e. The van der Waals surface area contributed by atoms with E-state index in [0.29, 0.717) is 11.8 Å². The lowest BCUT2D eigenvalue weighted by Crippen LogP contribution is -2.57. The molecule has 0 spiro atoms. The number of ether oxygens (including phenoxy) is 1. The van der Waals surface area contributed by atoms with E-state index in [1.165, 1.54) is 26.0 Å². The second-order valence-corrected chi connectivity index (χ2v) is 9.00. The van der Waals surface area contributed by atoms with Crippen LogP contribution in [0.5, 0.6) is 0 Å². The maximum Gasteiger partial charge on any atom is 0.321 e. The third kappa shape index (κ3) is 3.19. The van der Waals surface area contributed by atoms with Crippen LogP contribution in [0.2, 0.25) is 0 Å². The van der Waals surface area contributed by atoms with Crippen LogP contribution in [0.15, 0.2) is 30.3 Å². The molecule has 4 aliphatic carbocycles. The number of carbonyl (C=O) groups is 3. The Kier molecular flexibility index (Phi) is 4.68. The fourth-order valence-corrected chi connectivity index (χ4v) is 6.25. The molecule has 5 rings (SSSR count). The van der Waals surface area contributed by atoms with Gasteiger partial charge in [-0.3, -0.25) is 14.9 Å². The number of rotatable bonds is 4. The van der Waals surface area contributed by atoms with Gasteiger partial charge in [0, 0.05) is 7.05 Å². The predicted molar refractivity (Wildman–Crippen MR) is 103 cm³/mol. The number of urea groups is 1. The van der Waals surface area contributed by atoms with Crippen molar-refractivity contribution in [3.8, 4) is 0 Å². The van der Waals surface area contributed by atoms with Gasteiger partial charge in [0.25, 0.3) is 5.91 Å². The first-order valence-electron chi connectivity index (χ1n) is 10.1. The summed E-state index contributed by atoms with van der Waals surface area (Å²) in [6.45, 7) is 1.52. The van der Waals surface area contributed by atoms with Crippen molar-refractivity contribution in [2.75, 3.05) is 7.05 Å². The van der Waals surface area contributed by atoms with Crippen LogP contribution in [0.25, 0.3) is 0 Å². The molecule has 4 bridgehead atoms. The molecule has 28 heavy (non-hydrogen) atoms. The molecule has 0 radical (unpaired) electrons. The van der Waals surface area contributed by atoms with Gasteiger partial charge in [-0.15, -0.1) is 0 Å². The van der Waals surface area contributed by atoms with Gasteiger partial charge in [-0.2, -0.15) is 0 Å². The topological polar surface area (TPSA) is 84.5 Å². The summed E-state index contributed by atoms with van der Waals surface area (Å²) in [6.07, 6.45) is 4.95. The Labute approximate surface area is 165 Å². The third-order valence-electron chi connectivity index (χ3n) is 7.00. The molecular formula is C22H28N2O4. The lowest BCUT2D eigenvalue weighted by Gasteiger charge is -2.61. The molecule has 2 unspecified atom stereocenters. The van der Waals surface area contributed by atoms with Gasteiger partial charge in [0.2, 0.25) is 0 Å². The van der Waals surface area contributed by atoms with Crippen LogP contribution in [0.4, 0.5) is 4.79 Å². The molecular weight excluding hydrogens is 356 g/mol. The second kappa shape index (κ2) is 6.90. The van der Waals surface area contributed by atoms with E-state index < -0.39 is 23.5 Å². The van der Waals surface area contributed by atoms with E-state index in [1.54, 1.807) is 0 Å². The number of benzene rings is 1. The zero-order chi connectivity index (χ0) is 19.9. The summed E-state index contributed by atoms with van der Waals surface area (Å²) >= 11 is 0. The molecule has 6 heteroatoms. The first kappa shape index (κ1) is 19.0. The first-order chi connectivity index (χ1) is 13.4. The third-order valence-corrected chi connectivity index (χ3v) is 7.00. The Morgan fingerprint density at radius 2 is 1.71 bits per heavy atom. The minimum atomic E-state index is -0.995. The minimum absolute atomic E-state index is 0.0396. The van der Waals surface area contributed by atoms with E-state index in [4.69, 9.17) is 4.74 Å². The van der Waals surface area contributed by atoms with E-state index >= 15 is 0 Å². The Morgan fingerprint density at radius 3 is 2.32 bits per heavy atom. The second-order valence-electron chi connectivity index (χ2n) is 9.00. The van der Waals surface area contributed by atoms with Crippen LogP contribution in [-0.4, -0.2) is 31.1 Å². The highest BCUT2D eigenvalue weighted by Crippen LogP contribution is 2.66. The van der Waals surface area contributed by atoms with Crippen molar-refractivity contribution in [1.82, 2.24) is 10.6 Å². The summed E-state index contributed by atoms with van der Waals surface area (Å²) in [5, 5.41) is 4.50. The van der Waals surface area contributed by atoms with Crippen molar-refractivity contribution in [1.29, 1.82) is 0 Å². The van der Waals surface area contributed by atoms with Crippen LogP contribution in [0.1, 0.15) is 51.0 Å². The van der Waals surface area contributed by atoms with Crippen LogP contribution in [0, 0.1) is 17.3 Å². The normalized spacial score (nSPS) is 33.8. The number of carbonyl (C=O) groups excluding carboxylic acids is 3. The summed E-state index contributed by atoms with van der Waals surface area (Å²) < 4.78 is 5.59. The summed E-state index contributed by atoms with van der Waals surface area (Å²) in [5.41, 5.74) is 0.853. The lowest BCUT2D eigenvalue weighted by molar-refractivity contribution is -0.180. The number of nitrogens with one attached hydrogen (secondary N) is 2. The Morgan fingerprint density at radius 1 is 1.07 bits per heavy atom. The number of hydrogen-bond donors (Lipinski definition) is 2. The molecule has 0 saturated heterocycles. The van der Waals surface area contributed by atoms with Gasteiger partial charge < -0.3 is 10.1 Å². The molecule has 5 atom stereocenters. The van der Waals surface area contributed by atoms with E-state index in [2.05, 4.69) is 34.9 Å². The van der Waals surface area contributed by atoms with Crippen LogP contribution < -0.4 is 10.6 Å². The fourth-order valence-electron chi connectivity index (χ4n) is 6.25. The predicted octanol–water partition coefficient (Wildman–Crippen LogP) is 2.91. The van der Waals surface area contributed by atoms with Gasteiger partial charge in [0.1, 0.15) is 0 Å². The van der Waals surface area contributed by atoms with Crippen molar-refractivity contribution in [2.24, 2.45) is 17.3 Å². The van der Waals surface area contributed by atoms with Gasteiger partial charge in [-0.1, -0.05) is 30.3 Å². The lowest BCUT2D eigenvalue weighted by atomic mass is 9.43. The van der Waals surface area contributed by atoms with Crippen molar-refractivity contribution in [3.63, 3.8) is 0 Å². The molecule has 4 aliphatic rings. The Bertz CT molecular complexity index is 777. The fraction of sp³-hybridized carbons (Fsp3) is 0.591. The average molecular weight is 384 g/mol. The summed E-state index contributed by atoms with van der Waals surface area (Å²) in [7, 11) is 1.43. The highest BCUT2D eigenvalue weighted by molar-refractivity contribution is 5.97. The Balaban J connectivity index is 1.53. The van der Waals surface area contributed by atoms with Crippen LogP contribution >= 0.6 is 0 Å². The van der Waals surface area contributed by atoms with Crippen molar-refractivity contribution in [3.05, 3.63) is 35.9 Å². The van der Waals surface area contributed by atoms with Gasteiger partial charge in [0.15, 0.2) is 6.10 Å². The summed E-state index contributed by atoms with van der Waals surface area (Å²) in [5.74, 6) is 0.185. The van der Waals surface area contributed by atoms with Crippen molar-refractivity contribution >= 4 is 17.9 Å². The molecule has 2 N–H and O–H groups in total. The maximum absolute atomic E-state index is 13.2. The zero-order valence-corrected chi connectivity index (χ0v) is 16.5. The van der Waals surface area contributed by atoms with Crippen molar-refractivity contribution in [2.45, 2.75) is 57.0 Å². The molecule has 1 aromatic rings. The van der Waals surface area contributed by atoms with Gasteiger partial charge >= 0.3 is 12.0 Å². The number of amides is 3. The zero-order valence-electron chi connectivity index (χ0n) is 16.5. The molecule has 4 saturated carbocycles. The smallest absolute Gasteiger partial charge is 0.321 e. The SMILES string of the molecule is CNC(=O)NC(=O)[C@@H](C)OC(=O)C12C[C@H]3C[C@@H](C1)CC(c1ccccc1)(C3)C2. The number of hydrogen-bond acceptors (Lipinski definition) is 4. The minimum Gasteiger partial charge on any atom is -0.452 e. The van der Waals surface area contributed by atoms with Crippen molar-refractivity contribution < 1.29 is 19.1 Å². The highest BCUT2D eigenvalue weighted by atomic mass is 16.5. The average Bonchev–Trinajstić information content (AvgIpc) is 2.67. The Hall–Kier alpha value is -2.37. The monoisotopic (exact) mass is 384 g/mol. The molecule has 0 aromatic heterocycles. The standard InChI is InChI=1S/C22H28N2O4/c1-14(18(25)24-20(27)23-2)28-19(26)22-11-15-8-16(12-22)10-21(9-15,13-22)17-6-4-3-5-7-17/h3-7,14-16H,8-13H2,1-2H3,(H2,23,24,25,27)/t14-,15-,16+,21?,22?/m1/s1. The number of imide groups is 1. The molecule has 3 amide bonds. The van der Waals surface area contributed by atoms with Gasteiger partial charge in [0.05, 0.1) is 5.41 Å². The van der Waals surface area contributed by atoms with Crippen LogP contribution in [0.3, 0.4) is 0 Å². The van der Waals surface area contributed by atoms with E-state index in [-0.39, 0.29) is 11.4 Å². The summed E-state index contributed by atoms with van der Waals surface area (Å²) in [6, 6.07) is 9.94. The molecule has 1 aromatic carbocycles. The maximum atomic E-state index is 13.2. The molecule has 0 aliphatic heterocycles. The molecule has 6 nitrogen and oxygen atoms in total. The molecule has 150 valence electrons. The van der Waals surface area contributed by atoms with Gasteiger partial charge in [-0.25, -0.2) is 4.79 Å². The quantitative estimate of drug-likeness (QED) is 0.782. The van der Waals surface area contributed by atoms with E-state index in [9.17, 15) is 14.4 Å². The van der Waals surface area contributed by atoms with Gasteiger partial charge in [-0.05, 0) is 68.3 Å². The molecule has 4 fully saturated rings. The van der Waals surface area contributed by atoms with Crippen LogP contribution in [-0.2, 0) is 19.7 Å². The highest BCUT2D eigenvalue weighted by Gasteiger charge is 2.61. The first-order valence-corrected chi connectivity index (χ1v) is 10.1. The van der Waals surface area contributed by atoms with E-state index in [0.717, 1.165) is 32.1 Å². The number of esters is 1. The summed E-state index contributed by atoms with van der Waals surface area (Å²) in [4.78, 5) is 36.7. The van der Waals surface area contributed by atoms with E-state index in [1.807, 2.05) is 6.07 Å².